The predicted molar refractivity (Wildman–Crippen MR) is 143 cm³/mol. The molecule has 1 aromatic heterocycles. The molecule has 2 aromatic rings. The molecule has 11 heteroatoms. The Bertz CT molecular complexity index is 1090. The third kappa shape index (κ3) is 6.06. The SMILES string of the molecule is CCCSC1=C(SCCC)SC(=C2Sc3[c-]n(S(=O)(=O)c4ccc(C)cc4)cc3S2)S1.[Li+]. The Balaban J connectivity index is 0.00000289. The van der Waals surface area contributed by atoms with Crippen LogP contribution in [0.1, 0.15) is 32.3 Å². The molecule has 0 saturated carbocycles. The zero-order valence-electron chi connectivity index (χ0n) is 18.3. The minimum absolute atomic E-state index is 0. The van der Waals surface area contributed by atoms with Gasteiger partial charge in [-0.05, 0) is 43.4 Å². The van der Waals surface area contributed by atoms with E-state index in [1.807, 2.05) is 66.1 Å². The van der Waals surface area contributed by atoms with Gasteiger partial charge < -0.3 is 3.97 Å². The molecule has 3 nitrogen and oxygen atoms in total. The van der Waals surface area contributed by atoms with Crippen LogP contribution in [-0.2, 0) is 10.0 Å². The summed E-state index contributed by atoms with van der Waals surface area (Å²) >= 11 is 10.9. The molecule has 1 aromatic carbocycles. The Hall–Kier alpha value is 0.627. The fourth-order valence-corrected chi connectivity index (χ4v) is 12.4. The maximum absolute atomic E-state index is 13.0. The zero-order valence-corrected chi connectivity index (χ0v) is 24.1. The first kappa shape index (κ1) is 27.2. The molecule has 3 heterocycles. The minimum atomic E-state index is -3.62. The molecule has 0 amide bonds. The largest absolute Gasteiger partial charge is 1.00 e. The van der Waals surface area contributed by atoms with Gasteiger partial charge in [-0.15, -0.1) is 46.4 Å². The molecular formula is C21H22LiNO2S7. The van der Waals surface area contributed by atoms with Gasteiger partial charge in [0.05, 0.1) is 21.8 Å². The normalized spacial score (nSPS) is 16.0. The van der Waals surface area contributed by atoms with Crippen molar-refractivity contribution in [3.63, 3.8) is 0 Å². The molecule has 0 bridgehead atoms. The van der Waals surface area contributed by atoms with Gasteiger partial charge in [0, 0.05) is 0 Å². The first-order chi connectivity index (χ1) is 14.9. The number of rotatable bonds is 8. The Morgan fingerprint density at radius 2 is 1.47 bits per heavy atom. The molecule has 0 radical (unpaired) electrons. The van der Waals surface area contributed by atoms with Crippen molar-refractivity contribution in [1.29, 1.82) is 0 Å². The van der Waals surface area contributed by atoms with Crippen LogP contribution in [0.2, 0.25) is 0 Å². The van der Waals surface area contributed by atoms with Crippen LogP contribution < -0.4 is 18.9 Å². The van der Waals surface area contributed by atoms with Crippen LogP contribution in [0.4, 0.5) is 0 Å². The molecular weight excluding hydrogens is 530 g/mol. The van der Waals surface area contributed by atoms with Gasteiger partial charge in [0.15, 0.2) is 0 Å². The van der Waals surface area contributed by atoms with Crippen molar-refractivity contribution in [2.45, 2.75) is 48.3 Å². The van der Waals surface area contributed by atoms with Gasteiger partial charge in [0.25, 0.3) is 0 Å². The number of hydrogen-bond donors (Lipinski definition) is 0. The summed E-state index contributed by atoms with van der Waals surface area (Å²) in [6.07, 6.45) is 7.12. The van der Waals surface area contributed by atoms with Crippen molar-refractivity contribution < 1.29 is 27.3 Å². The number of aromatic nitrogens is 1. The van der Waals surface area contributed by atoms with Crippen molar-refractivity contribution in [3.05, 3.63) is 59.2 Å². The summed E-state index contributed by atoms with van der Waals surface area (Å²) in [6, 6.07) is 6.94. The van der Waals surface area contributed by atoms with E-state index in [0.29, 0.717) is 0 Å². The van der Waals surface area contributed by atoms with Gasteiger partial charge in [-0.25, -0.2) is 8.42 Å². The van der Waals surface area contributed by atoms with E-state index in [-0.39, 0.29) is 23.8 Å². The summed E-state index contributed by atoms with van der Waals surface area (Å²) < 4.78 is 32.5. The van der Waals surface area contributed by atoms with E-state index in [9.17, 15) is 8.42 Å². The topological polar surface area (TPSA) is 39.1 Å². The van der Waals surface area contributed by atoms with E-state index >= 15 is 0 Å². The second-order valence-corrected chi connectivity index (χ2v) is 16.0. The average molecular weight is 552 g/mol. The Morgan fingerprint density at radius 1 is 0.906 bits per heavy atom. The monoisotopic (exact) mass is 551 g/mol. The summed E-state index contributed by atoms with van der Waals surface area (Å²) in [4.78, 5) is 2.14. The number of benzene rings is 1. The third-order valence-electron chi connectivity index (χ3n) is 4.22. The van der Waals surface area contributed by atoms with E-state index in [4.69, 9.17) is 0 Å². The van der Waals surface area contributed by atoms with Crippen molar-refractivity contribution in [2.24, 2.45) is 0 Å². The molecule has 2 aliphatic rings. The van der Waals surface area contributed by atoms with Crippen LogP contribution in [0.15, 0.2) is 62.1 Å². The van der Waals surface area contributed by atoms with Gasteiger partial charge in [-0.3, -0.25) is 0 Å². The van der Waals surface area contributed by atoms with E-state index in [1.54, 1.807) is 41.9 Å². The quantitative estimate of drug-likeness (QED) is 0.333. The second-order valence-electron chi connectivity index (χ2n) is 6.80. The average Bonchev–Trinajstić information content (AvgIpc) is 3.44. The Labute approximate surface area is 228 Å². The van der Waals surface area contributed by atoms with E-state index in [1.165, 1.54) is 33.8 Å². The van der Waals surface area contributed by atoms with Crippen molar-refractivity contribution >= 4 is 80.6 Å². The molecule has 0 N–H and O–H groups in total. The fourth-order valence-electron chi connectivity index (χ4n) is 2.67. The van der Waals surface area contributed by atoms with Gasteiger partial charge in [-0.2, -0.15) is 11.8 Å². The van der Waals surface area contributed by atoms with Gasteiger partial charge in [0.1, 0.15) is 0 Å². The van der Waals surface area contributed by atoms with Crippen molar-refractivity contribution in [3.8, 4) is 0 Å². The first-order valence-electron chi connectivity index (χ1n) is 9.84. The summed E-state index contributed by atoms with van der Waals surface area (Å²) in [7, 11) is -3.62. The van der Waals surface area contributed by atoms with Crippen LogP contribution in [0.5, 0.6) is 0 Å². The molecule has 0 saturated heterocycles. The van der Waals surface area contributed by atoms with E-state index in [2.05, 4.69) is 20.0 Å². The summed E-state index contributed by atoms with van der Waals surface area (Å²) in [5.41, 5.74) is 1.04. The van der Waals surface area contributed by atoms with Crippen LogP contribution in [0, 0.1) is 13.1 Å². The summed E-state index contributed by atoms with van der Waals surface area (Å²) in [6.45, 7) is 6.38. The maximum Gasteiger partial charge on any atom is 1.00 e. The Morgan fingerprint density at radius 3 is 2.00 bits per heavy atom. The molecule has 0 aliphatic carbocycles. The first-order valence-corrected chi connectivity index (χ1v) is 16.5. The van der Waals surface area contributed by atoms with Crippen molar-refractivity contribution in [1.82, 2.24) is 3.97 Å². The van der Waals surface area contributed by atoms with Crippen LogP contribution in [-0.4, -0.2) is 23.9 Å². The molecule has 4 rings (SSSR count). The van der Waals surface area contributed by atoms with Crippen molar-refractivity contribution in [2.75, 3.05) is 11.5 Å². The number of thioether (sulfide) groups is 6. The molecule has 32 heavy (non-hydrogen) atoms. The summed E-state index contributed by atoms with van der Waals surface area (Å²) in [5.74, 6) is 2.27. The van der Waals surface area contributed by atoms with E-state index < -0.39 is 10.0 Å². The predicted octanol–water partition coefficient (Wildman–Crippen LogP) is 5.06. The van der Waals surface area contributed by atoms with Crippen LogP contribution >= 0.6 is 70.6 Å². The standard InChI is InChI=1S/C21H22NO2S7.Li/c1-4-10-25-18-19(26-11-5-2)30-21(29-18)20-27-16-12-22(13-17(16)28-20)31(23,24)15-8-6-14(3)7-9-15;/h6-9,12H,4-5,10-11H2,1-3H3;/q-1;+1. The van der Waals surface area contributed by atoms with Crippen LogP contribution in [0.25, 0.3) is 0 Å². The minimum Gasteiger partial charge on any atom is -0.365 e. The maximum atomic E-state index is 13.0. The molecule has 0 atom stereocenters. The molecule has 0 fully saturated rings. The number of aryl methyl sites for hydroxylation is 1. The van der Waals surface area contributed by atoms with Gasteiger partial charge in [0.2, 0.25) is 10.0 Å². The molecule has 166 valence electrons. The second kappa shape index (κ2) is 12.0. The smallest absolute Gasteiger partial charge is 0.365 e. The molecule has 0 unspecified atom stereocenters. The number of fused-ring (bicyclic) bond motifs is 1. The van der Waals surface area contributed by atoms with Gasteiger partial charge >= 0.3 is 18.9 Å². The summed E-state index contributed by atoms with van der Waals surface area (Å²) in [5, 5.41) is 0. The third-order valence-corrected chi connectivity index (χ3v) is 14.7. The van der Waals surface area contributed by atoms with Gasteiger partial charge in [-0.1, -0.05) is 66.2 Å². The van der Waals surface area contributed by atoms with E-state index in [0.717, 1.165) is 26.9 Å². The number of nitrogens with zero attached hydrogens (tertiary/aromatic N) is 1. The molecule has 0 spiro atoms. The zero-order chi connectivity index (χ0) is 22.0. The molecule has 2 aliphatic heterocycles. The number of hydrogen-bond acceptors (Lipinski definition) is 8. The fraction of sp³-hybridized carbons (Fsp3) is 0.333. The Kier molecular flexibility index (Phi) is 10.2. The van der Waals surface area contributed by atoms with Crippen LogP contribution in [0.3, 0.4) is 0 Å².